The number of aliphatic hydroxyl groups excluding tert-OH is 2. The van der Waals surface area contributed by atoms with E-state index in [1.165, 1.54) is 0 Å². The fourth-order valence-corrected chi connectivity index (χ4v) is 4.68. The molecule has 0 aromatic heterocycles. The maximum Gasteiger partial charge on any atom is 0.168 e. The van der Waals surface area contributed by atoms with Crippen molar-refractivity contribution >= 4 is 11.6 Å². The third kappa shape index (κ3) is 2.49. The van der Waals surface area contributed by atoms with Crippen LogP contribution in [0.25, 0.3) is 0 Å². The molecule has 5 nitrogen and oxygen atoms in total. The Balaban J connectivity index is 2.06. The second kappa shape index (κ2) is 5.80. The van der Waals surface area contributed by atoms with Crippen LogP contribution in [0.5, 0.6) is 0 Å². The van der Waals surface area contributed by atoms with Gasteiger partial charge in [0.2, 0.25) is 0 Å². The lowest BCUT2D eigenvalue weighted by Crippen LogP contribution is -2.58. The molecular formula is C18H26O5. The summed E-state index contributed by atoms with van der Waals surface area (Å²) >= 11 is 0. The third-order valence-corrected chi connectivity index (χ3v) is 5.81. The molecule has 2 N–H and O–H groups in total. The Hall–Kier alpha value is -1.04. The smallest absolute Gasteiger partial charge is 0.168 e. The molecule has 3 aliphatic rings. The summed E-state index contributed by atoms with van der Waals surface area (Å²) in [5, 5.41) is 21.2. The molecule has 1 aliphatic heterocycles. The number of ether oxygens (including phenoxy) is 1. The maximum absolute atomic E-state index is 13.0. The first-order valence-electron chi connectivity index (χ1n) is 8.57. The van der Waals surface area contributed by atoms with Crippen molar-refractivity contribution in [3.05, 3.63) is 11.1 Å². The summed E-state index contributed by atoms with van der Waals surface area (Å²) in [6.45, 7) is 7.59. The summed E-state index contributed by atoms with van der Waals surface area (Å²) in [5.74, 6) is -2.05. The first-order chi connectivity index (χ1) is 10.7. The summed E-state index contributed by atoms with van der Waals surface area (Å²) < 4.78 is 5.72. The number of hydrogen-bond donors (Lipinski definition) is 2. The Kier molecular flexibility index (Phi) is 4.23. The van der Waals surface area contributed by atoms with Crippen molar-refractivity contribution in [2.45, 2.75) is 65.0 Å². The molecule has 0 spiro atoms. The van der Waals surface area contributed by atoms with Crippen molar-refractivity contribution in [2.24, 2.45) is 23.7 Å². The van der Waals surface area contributed by atoms with Gasteiger partial charge in [-0.2, -0.15) is 0 Å². The van der Waals surface area contributed by atoms with Crippen molar-refractivity contribution in [1.29, 1.82) is 0 Å². The maximum atomic E-state index is 13.0. The summed E-state index contributed by atoms with van der Waals surface area (Å²) in [6, 6.07) is 0. The molecule has 1 heterocycles. The molecule has 3 rings (SSSR count). The number of carbonyl (C=O) groups is 2. The van der Waals surface area contributed by atoms with E-state index < -0.39 is 30.1 Å². The van der Waals surface area contributed by atoms with E-state index in [0.29, 0.717) is 24.0 Å². The zero-order chi connectivity index (χ0) is 17.0. The fourth-order valence-electron chi connectivity index (χ4n) is 4.68. The Morgan fingerprint density at radius 1 is 1.09 bits per heavy atom. The molecule has 0 aromatic rings. The van der Waals surface area contributed by atoms with Crippen LogP contribution in [0.4, 0.5) is 0 Å². The molecule has 1 fully saturated rings. The van der Waals surface area contributed by atoms with E-state index in [1.54, 1.807) is 6.92 Å². The van der Waals surface area contributed by atoms with Crippen LogP contribution in [0.1, 0.15) is 40.5 Å². The molecule has 7 unspecified atom stereocenters. The predicted octanol–water partition coefficient (Wildman–Crippen LogP) is 1.26. The minimum absolute atomic E-state index is 0.119. The SMILES string of the molecule is CC1CC2=C(C(=O)C3C(O)C(C(C)C)CC(O)C3C2=O)C(C)O1. The molecule has 0 amide bonds. The molecule has 0 saturated heterocycles. The van der Waals surface area contributed by atoms with Crippen LogP contribution in [0, 0.1) is 23.7 Å². The van der Waals surface area contributed by atoms with E-state index in [0.717, 1.165) is 0 Å². The average Bonchev–Trinajstić information content (AvgIpc) is 2.45. The molecule has 5 heteroatoms. The second-order valence-electron chi connectivity index (χ2n) is 7.67. The number of rotatable bonds is 1. The fraction of sp³-hybridized carbons (Fsp3) is 0.778. The van der Waals surface area contributed by atoms with Crippen LogP contribution in [0.2, 0.25) is 0 Å². The van der Waals surface area contributed by atoms with Crippen LogP contribution in [-0.4, -0.2) is 46.2 Å². The normalized spacial score (nSPS) is 44.4. The second-order valence-corrected chi connectivity index (χ2v) is 7.67. The lowest BCUT2D eigenvalue weighted by molar-refractivity contribution is -0.155. The van der Waals surface area contributed by atoms with Gasteiger partial charge in [0, 0.05) is 17.6 Å². The molecule has 23 heavy (non-hydrogen) atoms. The number of aliphatic hydroxyl groups is 2. The number of fused-ring (bicyclic) bond motifs is 1. The van der Waals surface area contributed by atoms with E-state index in [4.69, 9.17) is 4.74 Å². The van der Waals surface area contributed by atoms with Gasteiger partial charge in [-0.15, -0.1) is 0 Å². The minimum atomic E-state index is -0.888. The highest BCUT2D eigenvalue weighted by molar-refractivity contribution is 6.15. The topological polar surface area (TPSA) is 83.8 Å². The van der Waals surface area contributed by atoms with Crippen LogP contribution in [-0.2, 0) is 14.3 Å². The van der Waals surface area contributed by atoms with Crippen LogP contribution >= 0.6 is 0 Å². The molecule has 0 bridgehead atoms. The van der Waals surface area contributed by atoms with Crippen molar-refractivity contribution in [3.63, 3.8) is 0 Å². The minimum Gasteiger partial charge on any atom is -0.392 e. The monoisotopic (exact) mass is 322 g/mol. The van der Waals surface area contributed by atoms with Crippen LogP contribution < -0.4 is 0 Å². The standard InChI is InChI=1S/C18H26O5/c1-7(2)10-6-12(19)14-15(16(10)20)18(22)13-9(4)23-8(3)5-11(13)17(14)21/h7-10,12,14-16,19-20H,5-6H2,1-4H3. The summed E-state index contributed by atoms with van der Waals surface area (Å²) in [7, 11) is 0. The Labute approximate surface area is 136 Å². The first-order valence-corrected chi connectivity index (χ1v) is 8.57. The van der Waals surface area contributed by atoms with E-state index >= 15 is 0 Å². The number of Topliss-reactive ketones (excluding diaryl/α,β-unsaturated/α-hetero) is 2. The first kappa shape index (κ1) is 16.8. The lowest BCUT2D eigenvalue weighted by atomic mass is 9.59. The van der Waals surface area contributed by atoms with Gasteiger partial charge in [-0.25, -0.2) is 0 Å². The van der Waals surface area contributed by atoms with Crippen molar-refractivity contribution in [3.8, 4) is 0 Å². The summed E-state index contributed by atoms with van der Waals surface area (Å²) in [6.07, 6.45) is -1.54. The van der Waals surface area contributed by atoms with Crippen molar-refractivity contribution < 1.29 is 24.5 Å². The van der Waals surface area contributed by atoms with Gasteiger partial charge in [0.15, 0.2) is 11.6 Å². The number of hydrogen-bond acceptors (Lipinski definition) is 5. The lowest BCUT2D eigenvalue weighted by Gasteiger charge is -2.47. The average molecular weight is 322 g/mol. The number of carbonyl (C=O) groups excluding carboxylic acids is 2. The van der Waals surface area contributed by atoms with E-state index in [-0.39, 0.29) is 29.5 Å². The van der Waals surface area contributed by atoms with E-state index in [9.17, 15) is 19.8 Å². The Bertz CT molecular complexity index is 564. The van der Waals surface area contributed by atoms with Crippen molar-refractivity contribution in [2.75, 3.05) is 0 Å². The zero-order valence-corrected chi connectivity index (χ0v) is 14.2. The zero-order valence-electron chi connectivity index (χ0n) is 14.2. The van der Waals surface area contributed by atoms with Crippen molar-refractivity contribution in [1.82, 2.24) is 0 Å². The van der Waals surface area contributed by atoms with Gasteiger partial charge in [0.25, 0.3) is 0 Å². The Morgan fingerprint density at radius 2 is 1.74 bits per heavy atom. The summed E-state index contributed by atoms with van der Waals surface area (Å²) in [4.78, 5) is 25.9. The Morgan fingerprint density at radius 3 is 2.35 bits per heavy atom. The highest BCUT2D eigenvalue weighted by Gasteiger charge is 2.56. The summed E-state index contributed by atoms with van der Waals surface area (Å²) in [5.41, 5.74) is 0.932. The largest absolute Gasteiger partial charge is 0.392 e. The third-order valence-electron chi connectivity index (χ3n) is 5.81. The number of ketones is 2. The van der Waals surface area contributed by atoms with Gasteiger partial charge in [-0.05, 0) is 32.1 Å². The van der Waals surface area contributed by atoms with E-state index in [1.807, 2.05) is 20.8 Å². The van der Waals surface area contributed by atoms with Gasteiger partial charge in [0.05, 0.1) is 36.3 Å². The quantitative estimate of drug-likeness (QED) is 0.759. The molecule has 128 valence electrons. The molecular weight excluding hydrogens is 296 g/mol. The van der Waals surface area contributed by atoms with Crippen LogP contribution in [0.3, 0.4) is 0 Å². The highest BCUT2D eigenvalue weighted by Crippen LogP contribution is 2.46. The van der Waals surface area contributed by atoms with Gasteiger partial charge < -0.3 is 14.9 Å². The highest BCUT2D eigenvalue weighted by atomic mass is 16.5. The van der Waals surface area contributed by atoms with E-state index in [2.05, 4.69) is 0 Å². The molecule has 2 aliphatic carbocycles. The predicted molar refractivity (Wildman–Crippen MR) is 83.6 cm³/mol. The molecule has 7 atom stereocenters. The van der Waals surface area contributed by atoms with Gasteiger partial charge >= 0.3 is 0 Å². The van der Waals surface area contributed by atoms with Gasteiger partial charge in [0.1, 0.15) is 0 Å². The molecule has 0 radical (unpaired) electrons. The van der Waals surface area contributed by atoms with Gasteiger partial charge in [-0.1, -0.05) is 13.8 Å². The van der Waals surface area contributed by atoms with Gasteiger partial charge in [-0.3, -0.25) is 9.59 Å². The molecule has 1 saturated carbocycles. The van der Waals surface area contributed by atoms with Crippen LogP contribution in [0.15, 0.2) is 11.1 Å². The molecule has 0 aromatic carbocycles.